The number of nitrogens with one attached hydrogen (secondary N) is 2. The van der Waals surface area contributed by atoms with E-state index in [1.807, 2.05) is 0 Å². The summed E-state index contributed by atoms with van der Waals surface area (Å²) in [6.45, 7) is 3.38. The van der Waals surface area contributed by atoms with Crippen molar-refractivity contribution in [1.82, 2.24) is 15.5 Å². The number of phenolic OH excluding ortho intramolecular Hbond substituents is 2. The summed E-state index contributed by atoms with van der Waals surface area (Å²) in [5.74, 6) is -1.36. The summed E-state index contributed by atoms with van der Waals surface area (Å²) >= 11 is 7.65. The normalized spacial score (nSPS) is 23.1. The lowest BCUT2D eigenvalue weighted by Crippen LogP contribution is -2.69. The van der Waals surface area contributed by atoms with E-state index in [4.69, 9.17) is 16.3 Å². The number of esters is 1. The molecule has 3 aliphatic rings. The molecule has 3 heterocycles. The van der Waals surface area contributed by atoms with Gasteiger partial charge in [-0.25, -0.2) is 4.79 Å². The molecule has 4 rings (SSSR count). The van der Waals surface area contributed by atoms with Gasteiger partial charge in [-0.15, -0.1) is 11.8 Å². The van der Waals surface area contributed by atoms with Crippen LogP contribution in [0.15, 0.2) is 23.4 Å². The lowest BCUT2D eigenvalue weighted by molar-refractivity contribution is -0.911. The minimum Gasteiger partial charge on any atom is -0.504 e. The van der Waals surface area contributed by atoms with E-state index in [0.29, 0.717) is 35.6 Å². The number of methoxy groups -OCH3 is 1. The van der Waals surface area contributed by atoms with E-state index in [2.05, 4.69) is 10.6 Å². The van der Waals surface area contributed by atoms with Crippen molar-refractivity contribution in [3.63, 3.8) is 0 Å². The number of aromatic hydroxyl groups is 2. The van der Waals surface area contributed by atoms with Crippen molar-refractivity contribution in [1.29, 1.82) is 0 Å². The van der Waals surface area contributed by atoms with E-state index >= 15 is 0 Å². The highest BCUT2D eigenvalue weighted by atomic mass is 35.5. The Morgan fingerprint density at radius 1 is 1.29 bits per heavy atom. The minimum absolute atomic E-state index is 0.0794. The molecular weight excluding hydrogens is 496 g/mol. The van der Waals surface area contributed by atoms with Crippen molar-refractivity contribution in [3.8, 4) is 11.5 Å². The number of amides is 2. The highest BCUT2D eigenvalue weighted by Crippen LogP contribution is 2.41. The lowest BCUT2D eigenvalue weighted by atomic mass is 10.0. The van der Waals surface area contributed by atoms with E-state index < -0.39 is 23.4 Å². The number of ether oxygens (including phenoxy) is 1. The molecule has 2 amide bonds. The van der Waals surface area contributed by atoms with Crippen LogP contribution in [0.1, 0.15) is 23.2 Å². The number of fused-ring (bicyclic) bond motifs is 1. The fourth-order valence-electron chi connectivity index (χ4n) is 5.13. The first-order valence-corrected chi connectivity index (χ1v) is 12.9. The van der Waals surface area contributed by atoms with Crippen LogP contribution in [0.3, 0.4) is 0 Å². The maximum atomic E-state index is 12.7. The average Bonchev–Trinajstić information content (AvgIpc) is 3.30. The predicted octanol–water partition coefficient (Wildman–Crippen LogP) is 1.02. The first-order valence-electron chi connectivity index (χ1n) is 11.5. The van der Waals surface area contributed by atoms with E-state index in [0.717, 1.165) is 31.5 Å². The van der Waals surface area contributed by atoms with E-state index in [1.54, 1.807) is 23.7 Å². The Kier molecular flexibility index (Phi) is 7.51. The molecule has 10 nitrogen and oxygen atoms in total. The number of likely N-dealkylation sites (tertiary alicyclic amines) is 1. The molecule has 2 atom stereocenters. The maximum Gasteiger partial charge on any atom is 0.355 e. The van der Waals surface area contributed by atoms with Crippen LogP contribution in [0, 0.1) is 0 Å². The fraction of sp³-hybridized carbons (Fsp3) is 0.522. The summed E-state index contributed by atoms with van der Waals surface area (Å²) in [4.78, 5) is 39.6. The van der Waals surface area contributed by atoms with Crippen LogP contribution in [0.25, 0.3) is 0 Å². The molecule has 0 bridgehead atoms. The average molecular weight is 526 g/mol. The number of likely N-dealkylation sites (N-methyl/N-ethyl adjacent to an activating group) is 1. The predicted molar refractivity (Wildman–Crippen MR) is 131 cm³/mol. The van der Waals surface area contributed by atoms with Crippen LogP contribution in [0.2, 0.25) is 5.02 Å². The smallest absolute Gasteiger partial charge is 0.355 e. The van der Waals surface area contributed by atoms with Gasteiger partial charge in [0, 0.05) is 24.2 Å². The Morgan fingerprint density at radius 2 is 2.00 bits per heavy atom. The number of β-lactam (4-membered cyclic amide) rings is 1. The third-order valence-corrected chi connectivity index (χ3v) is 8.71. The molecule has 0 aliphatic carbocycles. The Morgan fingerprint density at radius 3 is 2.66 bits per heavy atom. The molecule has 2 saturated heterocycles. The highest BCUT2D eigenvalue weighted by Gasteiger charge is 2.54. The molecule has 12 heteroatoms. The van der Waals surface area contributed by atoms with Gasteiger partial charge in [0.05, 0.1) is 43.9 Å². The van der Waals surface area contributed by atoms with E-state index in [1.165, 1.54) is 19.2 Å². The number of hydrogen-bond acceptors (Lipinski definition) is 8. The van der Waals surface area contributed by atoms with Crippen molar-refractivity contribution in [3.05, 3.63) is 34.0 Å². The molecule has 4 N–H and O–H groups in total. The van der Waals surface area contributed by atoms with Crippen molar-refractivity contribution >= 4 is 41.1 Å². The van der Waals surface area contributed by atoms with Crippen LogP contribution < -0.4 is 10.6 Å². The second-order valence-corrected chi connectivity index (χ2v) is 10.5. The first-order chi connectivity index (χ1) is 16.7. The van der Waals surface area contributed by atoms with Crippen molar-refractivity contribution in [2.75, 3.05) is 52.6 Å². The van der Waals surface area contributed by atoms with Crippen molar-refractivity contribution in [2.45, 2.75) is 24.3 Å². The molecule has 0 saturated carbocycles. The molecular formula is C23H30ClN4O6S+. The summed E-state index contributed by atoms with van der Waals surface area (Å²) in [5, 5.41) is 24.9. The minimum atomic E-state index is -0.529. The third-order valence-electron chi connectivity index (χ3n) is 6.99. The second-order valence-electron chi connectivity index (χ2n) is 9.05. The van der Waals surface area contributed by atoms with Crippen molar-refractivity contribution < 1.29 is 33.8 Å². The summed E-state index contributed by atoms with van der Waals surface area (Å²) in [7, 11) is 3.06. The van der Waals surface area contributed by atoms with Gasteiger partial charge in [-0.2, -0.15) is 0 Å². The monoisotopic (exact) mass is 525 g/mol. The maximum absolute atomic E-state index is 12.7. The molecule has 1 aromatic carbocycles. The quantitative estimate of drug-likeness (QED) is 0.171. The number of rotatable bonds is 8. The summed E-state index contributed by atoms with van der Waals surface area (Å²) in [6.07, 6.45) is 2.07. The number of hydrogen-bond donors (Lipinski definition) is 4. The first kappa shape index (κ1) is 25.6. The zero-order valence-corrected chi connectivity index (χ0v) is 21.2. The Labute approximate surface area is 212 Å². The Bertz CT molecular complexity index is 1070. The van der Waals surface area contributed by atoms with Crippen LogP contribution in [-0.4, -0.2) is 101 Å². The van der Waals surface area contributed by atoms with Crippen LogP contribution in [0.4, 0.5) is 0 Å². The summed E-state index contributed by atoms with van der Waals surface area (Å²) in [6, 6.07) is 2.27. The molecule has 190 valence electrons. The molecule has 35 heavy (non-hydrogen) atoms. The number of phenols is 2. The van der Waals surface area contributed by atoms with E-state index in [9.17, 15) is 24.6 Å². The number of carbonyl (C=O) groups excluding carboxylic acids is 3. The standard InChI is InChI=1S/C23H29ClN4O6S/c1-25-17-21(32)27-18(23(33)34-2)13(12-35-22(17)27)11-28(8-3-4-9-28)10-7-26-20(31)14-5-6-15(29)19(30)16(14)24/h5-6,17,22,25H,3-4,7-12H2,1-2H3,(H2-,26,29,30,31)/p+1. The number of thioether (sulfide) groups is 1. The molecule has 0 spiro atoms. The largest absolute Gasteiger partial charge is 0.504 e. The molecule has 3 aliphatic heterocycles. The van der Waals surface area contributed by atoms with Crippen LogP contribution in [-0.2, 0) is 14.3 Å². The number of carbonyl (C=O) groups is 3. The summed E-state index contributed by atoms with van der Waals surface area (Å²) in [5.41, 5.74) is 1.32. The fourth-order valence-corrected chi connectivity index (χ4v) is 6.78. The zero-order valence-electron chi connectivity index (χ0n) is 19.7. The van der Waals surface area contributed by atoms with Gasteiger partial charge in [-0.05, 0) is 19.2 Å². The molecule has 2 unspecified atom stereocenters. The number of halogens is 1. The summed E-state index contributed by atoms with van der Waals surface area (Å²) < 4.78 is 5.73. The van der Waals surface area contributed by atoms with Crippen molar-refractivity contribution in [2.24, 2.45) is 0 Å². The van der Waals surface area contributed by atoms with Crippen LogP contribution >= 0.6 is 23.4 Å². The molecule has 2 fully saturated rings. The van der Waals surface area contributed by atoms with Gasteiger partial charge < -0.3 is 30.1 Å². The van der Waals surface area contributed by atoms with Gasteiger partial charge in [0.25, 0.3) is 5.91 Å². The molecule has 0 radical (unpaired) electrons. The SMILES string of the molecule is CNC1C(=O)N2C(C(=O)OC)=C(C[N+]3(CCNC(=O)c4ccc(O)c(O)c4Cl)CCCC3)CSC12. The number of quaternary nitrogens is 1. The number of nitrogens with zero attached hydrogens (tertiary/aromatic N) is 2. The van der Waals surface area contributed by atoms with Gasteiger partial charge >= 0.3 is 5.97 Å². The van der Waals surface area contributed by atoms with Gasteiger partial charge in [0.15, 0.2) is 11.5 Å². The van der Waals surface area contributed by atoms with Gasteiger partial charge in [-0.1, -0.05) is 11.6 Å². The number of benzene rings is 1. The van der Waals surface area contributed by atoms with Gasteiger partial charge in [-0.3, -0.25) is 14.5 Å². The molecule has 0 aromatic heterocycles. The Balaban J connectivity index is 1.49. The lowest BCUT2D eigenvalue weighted by Gasteiger charge is -2.50. The highest BCUT2D eigenvalue weighted by molar-refractivity contribution is 8.00. The Hall–Kier alpha value is -2.47. The topological polar surface area (TPSA) is 128 Å². The van der Waals surface area contributed by atoms with E-state index in [-0.39, 0.29) is 27.9 Å². The van der Waals surface area contributed by atoms with Crippen LogP contribution in [0.5, 0.6) is 11.5 Å². The zero-order chi connectivity index (χ0) is 25.3. The second kappa shape index (κ2) is 10.3. The third kappa shape index (κ3) is 4.69. The van der Waals surface area contributed by atoms with Gasteiger partial charge in [0.1, 0.15) is 23.7 Å². The van der Waals surface area contributed by atoms with Gasteiger partial charge in [0.2, 0.25) is 5.91 Å². The molecule has 1 aromatic rings.